The van der Waals surface area contributed by atoms with Gasteiger partial charge in [-0.3, -0.25) is 9.89 Å². The number of hydrogen-bond acceptors (Lipinski definition) is 4. The maximum atomic E-state index is 5.72. The van der Waals surface area contributed by atoms with E-state index in [4.69, 9.17) is 4.74 Å². The zero-order chi connectivity index (χ0) is 19.5. The molecule has 0 saturated carbocycles. The first-order chi connectivity index (χ1) is 13.2. The molecule has 28 heavy (non-hydrogen) atoms. The molecule has 1 aliphatic heterocycles. The van der Waals surface area contributed by atoms with E-state index in [1.807, 2.05) is 18.2 Å². The van der Waals surface area contributed by atoms with Crippen LogP contribution in [-0.2, 0) is 6.54 Å². The minimum absolute atomic E-state index is 0. The molecule has 2 N–H and O–H groups in total. The van der Waals surface area contributed by atoms with Crippen LogP contribution in [-0.4, -0.2) is 74.7 Å². The summed E-state index contributed by atoms with van der Waals surface area (Å²) in [7, 11) is 1.81. The van der Waals surface area contributed by atoms with Gasteiger partial charge in [-0.2, -0.15) is 0 Å². The van der Waals surface area contributed by atoms with Crippen molar-refractivity contribution >= 4 is 29.9 Å². The molecular formula is C21H36IN5O. The van der Waals surface area contributed by atoms with Crippen molar-refractivity contribution < 1.29 is 4.74 Å². The zero-order valence-electron chi connectivity index (χ0n) is 17.5. The highest BCUT2D eigenvalue weighted by molar-refractivity contribution is 14.0. The summed E-state index contributed by atoms with van der Waals surface area (Å²) >= 11 is 0. The topological polar surface area (TPSA) is 52.1 Å². The number of nitrogens with zero attached hydrogens (tertiary/aromatic N) is 3. The fraction of sp³-hybridized carbons (Fsp3) is 0.571. The van der Waals surface area contributed by atoms with E-state index in [9.17, 15) is 0 Å². The Balaban J connectivity index is 0.00000392. The van der Waals surface area contributed by atoms with Crippen LogP contribution in [0.15, 0.2) is 41.9 Å². The first-order valence-electron chi connectivity index (χ1n) is 9.90. The quantitative estimate of drug-likeness (QED) is 0.236. The van der Waals surface area contributed by atoms with E-state index >= 15 is 0 Å². The number of likely N-dealkylation sites (N-methyl/N-ethyl adjacent to an activating group) is 1. The molecule has 0 spiro atoms. The lowest BCUT2D eigenvalue weighted by molar-refractivity contribution is 0.107. The van der Waals surface area contributed by atoms with Gasteiger partial charge in [-0.1, -0.05) is 37.8 Å². The Morgan fingerprint density at radius 2 is 1.96 bits per heavy atom. The first kappa shape index (κ1) is 24.7. The molecule has 0 aromatic heterocycles. The summed E-state index contributed by atoms with van der Waals surface area (Å²) in [6.07, 6.45) is 1.76. The first-order valence-corrected chi connectivity index (χ1v) is 9.90. The number of benzene rings is 1. The molecule has 0 bridgehead atoms. The predicted molar refractivity (Wildman–Crippen MR) is 129 cm³/mol. The molecule has 1 aromatic rings. The van der Waals surface area contributed by atoms with E-state index in [1.54, 1.807) is 13.1 Å². The third kappa shape index (κ3) is 7.97. The van der Waals surface area contributed by atoms with E-state index in [1.165, 1.54) is 0 Å². The lowest BCUT2D eigenvalue weighted by atomic mass is 10.2. The van der Waals surface area contributed by atoms with Crippen LogP contribution in [0.2, 0.25) is 0 Å². The second kappa shape index (κ2) is 13.8. The molecule has 2 rings (SSSR count). The summed E-state index contributed by atoms with van der Waals surface area (Å²) in [5, 5.41) is 6.83. The molecule has 0 amide bonds. The van der Waals surface area contributed by atoms with Crippen molar-refractivity contribution in [3.63, 3.8) is 0 Å². The van der Waals surface area contributed by atoms with Gasteiger partial charge in [0.25, 0.3) is 0 Å². The normalized spacial score (nSPS) is 16.8. The minimum Gasteiger partial charge on any atom is -0.489 e. The van der Waals surface area contributed by atoms with Crippen molar-refractivity contribution in [2.24, 2.45) is 4.99 Å². The number of para-hydroxylation sites is 1. The molecule has 1 fully saturated rings. The third-order valence-electron chi connectivity index (χ3n) is 5.04. The maximum Gasteiger partial charge on any atom is 0.191 e. The smallest absolute Gasteiger partial charge is 0.191 e. The van der Waals surface area contributed by atoms with Gasteiger partial charge in [0.2, 0.25) is 0 Å². The molecule has 7 heteroatoms. The molecule has 1 saturated heterocycles. The van der Waals surface area contributed by atoms with Gasteiger partial charge in [0.1, 0.15) is 12.4 Å². The van der Waals surface area contributed by atoms with Gasteiger partial charge in [-0.15, -0.1) is 24.0 Å². The highest BCUT2D eigenvalue weighted by Gasteiger charge is 2.20. The number of halogens is 1. The standard InChI is InChI=1S/C21H35N5O.HI/c1-5-15-27-20-10-8-7-9-19(20)17-24-21(22-4)23-16-18(3)26-13-11-25(6-2)12-14-26;/h5,7-10,18H,1,6,11-17H2,2-4H3,(H2,22,23,24);1H. The lowest BCUT2D eigenvalue weighted by Crippen LogP contribution is -2.53. The van der Waals surface area contributed by atoms with Crippen LogP contribution >= 0.6 is 24.0 Å². The van der Waals surface area contributed by atoms with E-state index in [0.29, 0.717) is 19.2 Å². The van der Waals surface area contributed by atoms with Crippen LogP contribution in [0.3, 0.4) is 0 Å². The second-order valence-corrected chi connectivity index (χ2v) is 6.83. The Bertz CT molecular complexity index is 602. The highest BCUT2D eigenvalue weighted by Crippen LogP contribution is 2.17. The van der Waals surface area contributed by atoms with Crippen molar-refractivity contribution in [2.45, 2.75) is 26.4 Å². The van der Waals surface area contributed by atoms with Crippen LogP contribution in [0.5, 0.6) is 5.75 Å². The number of aliphatic imine (C=N–C) groups is 1. The van der Waals surface area contributed by atoms with Gasteiger partial charge < -0.3 is 20.3 Å². The van der Waals surface area contributed by atoms with Crippen molar-refractivity contribution in [1.82, 2.24) is 20.4 Å². The average molecular weight is 501 g/mol. The molecule has 1 aromatic carbocycles. The molecule has 1 atom stereocenters. The predicted octanol–water partition coefficient (Wildman–Crippen LogP) is 2.56. The fourth-order valence-electron chi connectivity index (χ4n) is 3.23. The highest BCUT2D eigenvalue weighted by atomic mass is 127. The van der Waals surface area contributed by atoms with Crippen LogP contribution in [0, 0.1) is 0 Å². The number of guanidine groups is 1. The Hall–Kier alpha value is -1.32. The molecule has 1 unspecified atom stereocenters. The van der Waals surface area contributed by atoms with Crippen molar-refractivity contribution in [1.29, 1.82) is 0 Å². The molecule has 1 heterocycles. The fourth-order valence-corrected chi connectivity index (χ4v) is 3.23. The van der Waals surface area contributed by atoms with E-state index < -0.39 is 0 Å². The third-order valence-corrected chi connectivity index (χ3v) is 5.04. The number of piperazine rings is 1. The lowest BCUT2D eigenvalue weighted by Gasteiger charge is -2.37. The van der Waals surface area contributed by atoms with Crippen LogP contribution < -0.4 is 15.4 Å². The summed E-state index contributed by atoms with van der Waals surface area (Å²) in [6.45, 7) is 16.0. The number of nitrogens with one attached hydrogen (secondary N) is 2. The van der Waals surface area contributed by atoms with Gasteiger partial charge in [-0.25, -0.2) is 0 Å². The summed E-state index contributed by atoms with van der Waals surface area (Å²) in [4.78, 5) is 9.40. The van der Waals surface area contributed by atoms with Crippen LogP contribution in [0.1, 0.15) is 19.4 Å². The van der Waals surface area contributed by atoms with E-state index in [0.717, 1.165) is 56.5 Å². The molecular weight excluding hydrogens is 465 g/mol. The van der Waals surface area contributed by atoms with Gasteiger partial charge in [-0.05, 0) is 19.5 Å². The number of hydrogen-bond donors (Lipinski definition) is 2. The maximum absolute atomic E-state index is 5.72. The van der Waals surface area contributed by atoms with Gasteiger partial charge in [0, 0.05) is 57.9 Å². The van der Waals surface area contributed by atoms with Gasteiger partial charge in [0.05, 0.1) is 0 Å². The Labute approximate surface area is 187 Å². The summed E-state index contributed by atoms with van der Waals surface area (Å²) < 4.78 is 5.72. The van der Waals surface area contributed by atoms with Crippen molar-refractivity contribution in [2.75, 3.05) is 52.9 Å². The zero-order valence-corrected chi connectivity index (χ0v) is 19.8. The number of ether oxygens (including phenoxy) is 1. The van der Waals surface area contributed by atoms with Crippen molar-refractivity contribution in [3.05, 3.63) is 42.5 Å². The average Bonchev–Trinajstić information content (AvgIpc) is 2.72. The SMILES string of the molecule is C=CCOc1ccccc1CNC(=NC)NCC(C)N1CCN(CC)CC1.I. The molecule has 0 radical (unpaired) electrons. The second-order valence-electron chi connectivity index (χ2n) is 6.83. The summed E-state index contributed by atoms with van der Waals surface area (Å²) in [5.41, 5.74) is 1.10. The molecule has 1 aliphatic rings. The molecule has 6 nitrogen and oxygen atoms in total. The van der Waals surface area contributed by atoms with Crippen LogP contribution in [0.4, 0.5) is 0 Å². The monoisotopic (exact) mass is 501 g/mol. The minimum atomic E-state index is 0. The Morgan fingerprint density at radius 3 is 2.61 bits per heavy atom. The van der Waals surface area contributed by atoms with E-state index in [-0.39, 0.29) is 24.0 Å². The molecule has 158 valence electrons. The van der Waals surface area contributed by atoms with Crippen LogP contribution in [0.25, 0.3) is 0 Å². The summed E-state index contributed by atoms with van der Waals surface area (Å²) in [6, 6.07) is 8.52. The molecule has 0 aliphatic carbocycles. The van der Waals surface area contributed by atoms with Crippen molar-refractivity contribution in [3.8, 4) is 5.75 Å². The number of rotatable bonds is 9. The Kier molecular flexibility index (Phi) is 12.2. The van der Waals surface area contributed by atoms with Gasteiger partial charge in [0.15, 0.2) is 5.96 Å². The van der Waals surface area contributed by atoms with Gasteiger partial charge >= 0.3 is 0 Å². The van der Waals surface area contributed by atoms with E-state index in [2.05, 4.69) is 51.9 Å². The largest absolute Gasteiger partial charge is 0.489 e. The Morgan fingerprint density at radius 1 is 1.25 bits per heavy atom. The summed E-state index contributed by atoms with van der Waals surface area (Å²) in [5.74, 6) is 1.69.